The first-order valence-electron chi connectivity index (χ1n) is 6.73. The van der Waals surface area contributed by atoms with Gasteiger partial charge >= 0.3 is 5.69 Å². The molecule has 4 atom stereocenters. The molecule has 6 heteroatoms. The van der Waals surface area contributed by atoms with Crippen LogP contribution in [0.2, 0.25) is 0 Å². The predicted molar refractivity (Wildman–Crippen MR) is 74.6 cm³/mol. The van der Waals surface area contributed by atoms with Gasteiger partial charge in [-0.05, 0) is 12.8 Å². The third-order valence-corrected chi connectivity index (χ3v) is 3.73. The maximum absolute atomic E-state index is 11.9. The van der Waals surface area contributed by atoms with Crippen LogP contribution in [0.3, 0.4) is 0 Å². The number of nitrogens with one attached hydrogen (secondary N) is 1. The maximum atomic E-state index is 11.9. The number of aromatic amines is 1. The Morgan fingerprint density at radius 2 is 2.30 bits per heavy atom. The lowest BCUT2D eigenvalue weighted by molar-refractivity contribution is -0.0530. The topological polar surface area (TPSA) is 73.3 Å². The number of hydrogen-bond donors (Lipinski definition) is 1. The molecule has 2 heterocycles. The van der Waals surface area contributed by atoms with Crippen molar-refractivity contribution >= 4 is 0 Å². The first kappa shape index (κ1) is 14.7. The molecule has 0 radical (unpaired) electrons. The Morgan fingerprint density at radius 1 is 1.55 bits per heavy atom. The molecule has 6 nitrogen and oxygen atoms in total. The summed E-state index contributed by atoms with van der Waals surface area (Å²) in [5, 5.41) is 0. The molecule has 0 amide bonds. The van der Waals surface area contributed by atoms with Crippen LogP contribution in [-0.2, 0) is 9.47 Å². The summed E-state index contributed by atoms with van der Waals surface area (Å²) in [6.45, 7) is 5.79. The number of rotatable bonds is 5. The van der Waals surface area contributed by atoms with E-state index in [2.05, 4.69) is 11.6 Å². The molecule has 2 rings (SSSR count). The van der Waals surface area contributed by atoms with Gasteiger partial charge in [-0.3, -0.25) is 14.3 Å². The van der Waals surface area contributed by atoms with Gasteiger partial charge in [-0.25, -0.2) is 4.79 Å². The second kappa shape index (κ2) is 6.19. The van der Waals surface area contributed by atoms with Crippen molar-refractivity contribution in [3.05, 3.63) is 45.8 Å². The molecule has 1 aromatic rings. The summed E-state index contributed by atoms with van der Waals surface area (Å²) in [6.07, 6.45) is 4.09. The number of hydrogen-bond acceptors (Lipinski definition) is 4. The van der Waals surface area contributed by atoms with E-state index >= 15 is 0 Å². The Balaban J connectivity index is 2.38. The van der Waals surface area contributed by atoms with Crippen LogP contribution >= 0.6 is 0 Å². The third-order valence-electron chi connectivity index (χ3n) is 3.73. The Labute approximate surface area is 117 Å². The minimum atomic E-state index is -0.528. The molecule has 0 aliphatic carbocycles. The molecular formula is C14H20N2O4. The highest BCUT2D eigenvalue weighted by Gasteiger charge is 2.44. The highest BCUT2D eigenvalue weighted by molar-refractivity contribution is 4.95. The average molecular weight is 280 g/mol. The quantitative estimate of drug-likeness (QED) is 0.818. The van der Waals surface area contributed by atoms with Crippen LogP contribution in [0.1, 0.15) is 26.0 Å². The van der Waals surface area contributed by atoms with Crippen LogP contribution in [-0.4, -0.2) is 28.9 Å². The van der Waals surface area contributed by atoms with Crippen molar-refractivity contribution in [2.75, 3.05) is 7.11 Å². The molecule has 20 heavy (non-hydrogen) atoms. The zero-order chi connectivity index (χ0) is 14.7. The SMILES string of the molecule is C=CCC1[C@@H](CC)O[C@@H](n2ccc(=O)[nH]c2=O)[C@H]1OC. The minimum Gasteiger partial charge on any atom is -0.376 e. The van der Waals surface area contributed by atoms with Gasteiger partial charge in [0.1, 0.15) is 6.10 Å². The molecule has 110 valence electrons. The smallest absolute Gasteiger partial charge is 0.330 e. The molecular weight excluding hydrogens is 260 g/mol. The van der Waals surface area contributed by atoms with Gasteiger partial charge in [0.15, 0.2) is 6.23 Å². The Kier molecular flexibility index (Phi) is 4.57. The standard InChI is InChI=1S/C14H20N2O4/c1-4-6-9-10(5-2)20-13(12(9)19-3)16-8-7-11(17)15-14(16)18/h4,7-10,12-13H,1,5-6H2,2-3H3,(H,15,17,18)/t9?,10-,12+,13-/m1/s1. The number of aromatic nitrogens is 2. The van der Waals surface area contributed by atoms with Gasteiger partial charge < -0.3 is 9.47 Å². The Hall–Kier alpha value is -1.66. The molecule has 0 bridgehead atoms. The number of ether oxygens (including phenoxy) is 2. The predicted octanol–water partition coefficient (Wildman–Crippen LogP) is 1.05. The summed E-state index contributed by atoms with van der Waals surface area (Å²) in [4.78, 5) is 25.3. The molecule has 0 saturated carbocycles. The van der Waals surface area contributed by atoms with Gasteiger partial charge in [-0.2, -0.15) is 0 Å². The molecule has 0 aromatic carbocycles. The van der Waals surface area contributed by atoms with Crippen LogP contribution in [0.25, 0.3) is 0 Å². The van der Waals surface area contributed by atoms with Crippen molar-refractivity contribution < 1.29 is 9.47 Å². The summed E-state index contributed by atoms with van der Waals surface area (Å²) in [5.74, 6) is 0.145. The fourth-order valence-electron chi connectivity index (χ4n) is 2.80. The molecule has 0 spiro atoms. The van der Waals surface area contributed by atoms with Crippen molar-refractivity contribution in [1.82, 2.24) is 9.55 Å². The van der Waals surface area contributed by atoms with E-state index in [1.807, 2.05) is 13.0 Å². The second-order valence-corrected chi connectivity index (χ2v) is 4.88. The van der Waals surface area contributed by atoms with E-state index in [9.17, 15) is 9.59 Å². The molecule has 1 N–H and O–H groups in total. The van der Waals surface area contributed by atoms with Crippen molar-refractivity contribution in [3.8, 4) is 0 Å². The lowest BCUT2D eigenvalue weighted by Gasteiger charge is -2.22. The summed E-state index contributed by atoms with van der Waals surface area (Å²) in [7, 11) is 1.60. The zero-order valence-electron chi connectivity index (χ0n) is 11.7. The summed E-state index contributed by atoms with van der Waals surface area (Å²) in [6, 6.07) is 1.30. The Morgan fingerprint density at radius 3 is 2.85 bits per heavy atom. The largest absolute Gasteiger partial charge is 0.376 e. The van der Waals surface area contributed by atoms with Gasteiger partial charge in [0, 0.05) is 25.3 Å². The van der Waals surface area contributed by atoms with Gasteiger partial charge in [0.05, 0.1) is 6.10 Å². The van der Waals surface area contributed by atoms with E-state index in [1.165, 1.54) is 16.8 Å². The van der Waals surface area contributed by atoms with Gasteiger partial charge in [-0.15, -0.1) is 6.58 Å². The average Bonchev–Trinajstić information content (AvgIpc) is 2.77. The number of methoxy groups -OCH3 is 1. The fourth-order valence-corrected chi connectivity index (χ4v) is 2.80. The zero-order valence-corrected chi connectivity index (χ0v) is 11.7. The molecule has 1 aromatic heterocycles. The third kappa shape index (κ3) is 2.62. The summed E-state index contributed by atoms with van der Waals surface area (Å²) in [5.41, 5.74) is -0.911. The van der Waals surface area contributed by atoms with Crippen LogP contribution in [0.15, 0.2) is 34.5 Å². The molecule has 1 unspecified atom stereocenters. The number of allylic oxidation sites excluding steroid dienone is 1. The Bertz CT molecular complexity index is 577. The van der Waals surface area contributed by atoms with Gasteiger partial charge in [0.2, 0.25) is 0 Å². The van der Waals surface area contributed by atoms with E-state index in [-0.39, 0.29) is 18.1 Å². The molecule has 1 fully saturated rings. The van der Waals surface area contributed by atoms with Crippen LogP contribution in [0, 0.1) is 5.92 Å². The highest BCUT2D eigenvalue weighted by Crippen LogP contribution is 2.38. The van der Waals surface area contributed by atoms with Crippen molar-refractivity contribution in [2.24, 2.45) is 5.92 Å². The van der Waals surface area contributed by atoms with Crippen molar-refractivity contribution in [2.45, 2.75) is 38.2 Å². The number of nitrogens with zero attached hydrogens (tertiary/aromatic N) is 1. The van der Waals surface area contributed by atoms with Crippen molar-refractivity contribution in [1.29, 1.82) is 0 Å². The van der Waals surface area contributed by atoms with E-state index in [4.69, 9.17) is 9.47 Å². The normalized spacial score (nSPS) is 29.5. The summed E-state index contributed by atoms with van der Waals surface area (Å²) < 4.78 is 12.9. The molecule has 1 aliphatic heterocycles. The second-order valence-electron chi connectivity index (χ2n) is 4.88. The van der Waals surface area contributed by atoms with E-state index < -0.39 is 17.5 Å². The molecule has 1 aliphatic rings. The van der Waals surface area contributed by atoms with E-state index in [0.717, 1.165) is 12.8 Å². The fraction of sp³-hybridized carbons (Fsp3) is 0.571. The summed E-state index contributed by atoms with van der Waals surface area (Å²) >= 11 is 0. The van der Waals surface area contributed by atoms with E-state index in [0.29, 0.717) is 0 Å². The molecule has 1 saturated heterocycles. The highest BCUT2D eigenvalue weighted by atomic mass is 16.6. The van der Waals surface area contributed by atoms with Crippen LogP contribution in [0.4, 0.5) is 0 Å². The van der Waals surface area contributed by atoms with E-state index in [1.54, 1.807) is 7.11 Å². The lowest BCUT2D eigenvalue weighted by Crippen LogP contribution is -2.36. The lowest BCUT2D eigenvalue weighted by atomic mass is 9.93. The first-order valence-corrected chi connectivity index (χ1v) is 6.73. The van der Waals surface area contributed by atoms with Gasteiger partial charge in [-0.1, -0.05) is 13.0 Å². The monoisotopic (exact) mass is 280 g/mol. The maximum Gasteiger partial charge on any atom is 0.330 e. The minimum absolute atomic E-state index is 0.00165. The van der Waals surface area contributed by atoms with Crippen molar-refractivity contribution in [3.63, 3.8) is 0 Å². The first-order chi connectivity index (χ1) is 9.62. The number of H-pyrrole nitrogens is 1. The van der Waals surface area contributed by atoms with Crippen LogP contribution < -0.4 is 11.2 Å². The van der Waals surface area contributed by atoms with Crippen LogP contribution in [0.5, 0.6) is 0 Å². The van der Waals surface area contributed by atoms with Gasteiger partial charge in [0.25, 0.3) is 5.56 Å².